The predicted molar refractivity (Wildman–Crippen MR) is 90.8 cm³/mol. The molecule has 0 aromatic heterocycles. The molecule has 0 spiro atoms. The second kappa shape index (κ2) is 5.29. The van der Waals surface area contributed by atoms with Gasteiger partial charge in [-0.3, -0.25) is 0 Å². The van der Waals surface area contributed by atoms with Crippen molar-refractivity contribution < 1.29 is 14.0 Å². The van der Waals surface area contributed by atoms with Gasteiger partial charge in [0.15, 0.2) is 0 Å². The summed E-state index contributed by atoms with van der Waals surface area (Å²) in [6.45, 7) is 10.9. The molecule has 0 aliphatic carbocycles. The number of ether oxygens (including phenoxy) is 1. The lowest BCUT2D eigenvalue weighted by molar-refractivity contribution is 0.00578. The molecule has 0 amide bonds. The van der Waals surface area contributed by atoms with E-state index < -0.39 is 7.12 Å². The summed E-state index contributed by atoms with van der Waals surface area (Å²) in [7, 11) is -0.406. The molecule has 4 heteroatoms. The Hall–Kier alpha value is -1.52. The Balaban J connectivity index is 2.08. The largest absolute Gasteiger partial charge is 0.498 e. The number of hydrogen-bond donors (Lipinski definition) is 0. The van der Waals surface area contributed by atoms with Gasteiger partial charge in [0.2, 0.25) is 0 Å². The first-order valence-electron chi connectivity index (χ1n) is 7.85. The number of rotatable bonds is 3. The Bertz CT molecular complexity index is 678. The lowest BCUT2D eigenvalue weighted by atomic mass is 9.77. The van der Waals surface area contributed by atoms with E-state index in [2.05, 4.69) is 52.0 Å². The summed E-state index contributed by atoms with van der Waals surface area (Å²) in [5, 5.41) is 2.32. The Kier molecular flexibility index (Phi) is 3.70. The Labute approximate surface area is 132 Å². The Morgan fingerprint density at radius 2 is 1.50 bits per heavy atom. The lowest BCUT2D eigenvalue weighted by Gasteiger charge is -2.32. The van der Waals surface area contributed by atoms with Crippen molar-refractivity contribution in [3.8, 4) is 5.75 Å². The second-order valence-corrected chi connectivity index (χ2v) is 6.76. The maximum atomic E-state index is 6.18. The van der Waals surface area contributed by atoms with E-state index in [1.165, 1.54) is 0 Å². The van der Waals surface area contributed by atoms with Crippen LogP contribution in [-0.4, -0.2) is 24.9 Å². The summed E-state index contributed by atoms with van der Waals surface area (Å²) >= 11 is 0. The minimum absolute atomic E-state index is 0.354. The van der Waals surface area contributed by atoms with E-state index in [0.717, 1.165) is 22.0 Å². The minimum atomic E-state index is -0.406. The lowest BCUT2D eigenvalue weighted by Crippen LogP contribution is -2.41. The average Bonchev–Trinajstić information content (AvgIpc) is 2.67. The predicted octanol–water partition coefficient (Wildman–Crippen LogP) is 3.54. The number of fused-ring (bicyclic) bond motifs is 1. The highest BCUT2D eigenvalue weighted by molar-refractivity contribution is 6.63. The zero-order valence-corrected chi connectivity index (χ0v) is 14.0. The van der Waals surface area contributed by atoms with Gasteiger partial charge in [-0.25, -0.2) is 0 Å². The van der Waals surface area contributed by atoms with Crippen molar-refractivity contribution in [1.29, 1.82) is 0 Å². The summed E-state index contributed by atoms with van der Waals surface area (Å²) in [6, 6.07) is 12.4. The first kappa shape index (κ1) is 15.4. The molecule has 3 nitrogen and oxygen atoms in total. The number of benzene rings is 2. The minimum Gasteiger partial charge on any atom is -0.494 e. The van der Waals surface area contributed by atoms with Gasteiger partial charge in [-0.1, -0.05) is 30.3 Å². The van der Waals surface area contributed by atoms with E-state index in [1.54, 1.807) is 0 Å². The van der Waals surface area contributed by atoms with Crippen LogP contribution in [0.2, 0.25) is 0 Å². The normalized spacial score (nSPS) is 19.6. The molecular weight excluding hydrogens is 275 g/mol. The summed E-state index contributed by atoms with van der Waals surface area (Å²) in [4.78, 5) is 0. The molecule has 0 saturated carbocycles. The van der Waals surface area contributed by atoms with Gasteiger partial charge in [0.05, 0.1) is 17.8 Å². The van der Waals surface area contributed by atoms with Crippen LogP contribution in [0, 0.1) is 0 Å². The third-order valence-electron chi connectivity index (χ3n) is 4.69. The van der Waals surface area contributed by atoms with Crippen molar-refractivity contribution in [2.45, 2.75) is 45.8 Å². The molecule has 1 saturated heterocycles. The highest BCUT2D eigenvalue weighted by atomic mass is 16.7. The fourth-order valence-corrected chi connectivity index (χ4v) is 2.67. The van der Waals surface area contributed by atoms with Crippen LogP contribution in [0.4, 0.5) is 0 Å². The summed E-state index contributed by atoms with van der Waals surface area (Å²) < 4.78 is 18.2. The Morgan fingerprint density at radius 3 is 2.05 bits per heavy atom. The van der Waals surface area contributed by atoms with Gasteiger partial charge in [-0.2, -0.15) is 0 Å². The highest BCUT2D eigenvalue weighted by Gasteiger charge is 2.52. The van der Waals surface area contributed by atoms with Crippen LogP contribution >= 0.6 is 0 Å². The van der Waals surface area contributed by atoms with Crippen molar-refractivity contribution >= 4 is 23.4 Å². The molecule has 1 heterocycles. The van der Waals surface area contributed by atoms with E-state index in [9.17, 15) is 0 Å². The van der Waals surface area contributed by atoms with Crippen LogP contribution in [0.15, 0.2) is 36.4 Å². The SMILES string of the molecule is CCOc1cc2ccccc2cc1B1OC(C)(C)C(C)(C)O1. The molecule has 0 unspecified atom stereocenters. The summed E-state index contributed by atoms with van der Waals surface area (Å²) in [5.74, 6) is 0.833. The molecule has 1 aliphatic heterocycles. The van der Waals surface area contributed by atoms with Gasteiger partial charge in [0.25, 0.3) is 0 Å². The molecule has 1 aliphatic rings. The second-order valence-electron chi connectivity index (χ2n) is 6.76. The van der Waals surface area contributed by atoms with E-state index in [1.807, 2.05) is 19.1 Å². The fourth-order valence-electron chi connectivity index (χ4n) is 2.67. The van der Waals surface area contributed by atoms with Gasteiger partial charge < -0.3 is 14.0 Å². The van der Waals surface area contributed by atoms with Crippen LogP contribution in [0.1, 0.15) is 34.6 Å². The highest BCUT2D eigenvalue weighted by Crippen LogP contribution is 2.37. The van der Waals surface area contributed by atoms with Crippen molar-refractivity contribution in [3.63, 3.8) is 0 Å². The molecule has 116 valence electrons. The third kappa shape index (κ3) is 2.51. The average molecular weight is 298 g/mol. The van der Waals surface area contributed by atoms with Crippen LogP contribution in [0.25, 0.3) is 10.8 Å². The van der Waals surface area contributed by atoms with Gasteiger partial charge >= 0.3 is 7.12 Å². The smallest absolute Gasteiger partial charge is 0.494 e. The Morgan fingerprint density at radius 1 is 0.955 bits per heavy atom. The molecule has 2 aromatic rings. The van der Waals surface area contributed by atoms with Crippen LogP contribution < -0.4 is 10.2 Å². The maximum Gasteiger partial charge on any atom is 0.498 e. The molecule has 0 N–H and O–H groups in total. The topological polar surface area (TPSA) is 27.7 Å². The maximum absolute atomic E-state index is 6.18. The van der Waals surface area contributed by atoms with E-state index in [0.29, 0.717) is 6.61 Å². The standard InChI is InChI=1S/C18H23BO3/c1-6-20-16-12-14-10-8-7-9-13(14)11-15(16)19-21-17(2,3)18(4,5)22-19/h7-12H,6H2,1-5H3. The van der Waals surface area contributed by atoms with E-state index >= 15 is 0 Å². The first-order chi connectivity index (χ1) is 10.3. The van der Waals surface area contributed by atoms with Gasteiger partial charge in [0, 0.05) is 5.46 Å². The van der Waals surface area contributed by atoms with Crippen molar-refractivity contribution in [1.82, 2.24) is 0 Å². The van der Waals surface area contributed by atoms with E-state index in [-0.39, 0.29) is 11.2 Å². The van der Waals surface area contributed by atoms with E-state index in [4.69, 9.17) is 14.0 Å². The van der Waals surface area contributed by atoms with Crippen molar-refractivity contribution in [2.75, 3.05) is 6.61 Å². The fraction of sp³-hybridized carbons (Fsp3) is 0.444. The molecule has 3 rings (SSSR count). The van der Waals surface area contributed by atoms with Gasteiger partial charge in [-0.15, -0.1) is 0 Å². The van der Waals surface area contributed by atoms with Crippen LogP contribution in [0.3, 0.4) is 0 Å². The summed E-state index contributed by atoms with van der Waals surface area (Å²) in [6.07, 6.45) is 0. The summed E-state index contributed by atoms with van der Waals surface area (Å²) in [5.41, 5.74) is 0.249. The third-order valence-corrected chi connectivity index (χ3v) is 4.69. The molecule has 2 aromatic carbocycles. The van der Waals surface area contributed by atoms with Crippen molar-refractivity contribution in [3.05, 3.63) is 36.4 Å². The van der Waals surface area contributed by atoms with Crippen molar-refractivity contribution in [2.24, 2.45) is 0 Å². The molecule has 0 radical (unpaired) electrons. The first-order valence-corrected chi connectivity index (χ1v) is 7.85. The zero-order valence-electron chi connectivity index (χ0n) is 14.0. The van der Waals surface area contributed by atoms with Gasteiger partial charge in [0.1, 0.15) is 5.75 Å². The number of hydrogen-bond acceptors (Lipinski definition) is 3. The molecule has 1 fully saturated rings. The molecular formula is C18H23BO3. The van der Waals surface area contributed by atoms with Gasteiger partial charge in [-0.05, 0) is 51.5 Å². The van der Waals surface area contributed by atoms with Crippen LogP contribution in [-0.2, 0) is 9.31 Å². The zero-order chi connectivity index (χ0) is 16.0. The molecule has 0 atom stereocenters. The monoisotopic (exact) mass is 298 g/mol. The molecule has 0 bridgehead atoms. The quantitative estimate of drug-likeness (QED) is 0.811. The molecule has 22 heavy (non-hydrogen) atoms. The van der Waals surface area contributed by atoms with Crippen LogP contribution in [0.5, 0.6) is 5.75 Å².